The molecule has 0 saturated carbocycles. The molecule has 150 valence electrons. The van der Waals surface area contributed by atoms with Crippen LogP contribution in [0.3, 0.4) is 0 Å². The van der Waals surface area contributed by atoms with Crippen LogP contribution in [0, 0.1) is 0 Å². The number of hydrogen-bond donors (Lipinski definition) is 1. The summed E-state index contributed by atoms with van der Waals surface area (Å²) >= 11 is 1.37. The molecule has 1 unspecified atom stereocenters. The molecule has 0 aliphatic carbocycles. The van der Waals surface area contributed by atoms with E-state index in [1.165, 1.54) is 11.3 Å². The second kappa shape index (κ2) is 8.54. The first-order valence-corrected chi connectivity index (χ1v) is 10.2. The fourth-order valence-electron chi connectivity index (χ4n) is 3.06. The number of nitrogens with zero attached hydrogens (tertiary/aromatic N) is 4. The first-order valence-electron chi connectivity index (χ1n) is 9.35. The van der Waals surface area contributed by atoms with Crippen molar-refractivity contribution in [1.29, 1.82) is 0 Å². The molecule has 3 heterocycles. The second-order valence-electron chi connectivity index (χ2n) is 6.68. The maximum Gasteiger partial charge on any atom is 0.271 e. The van der Waals surface area contributed by atoms with E-state index in [0.717, 1.165) is 11.3 Å². The molecule has 4 rings (SSSR count). The van der Waals surface area contributed by atoms with Crippen LogP contribution in [-0.4, -0.2) is 63.8 Å². The van der Waals surface area contributed by atoms with Gasteiger partial charge in [-0.25, -0.2) is 9.67 Å². The summed E-state index contributed by atoms with van der Waals surface area (Å²) in [5.41, 5.74) is 2.07. The number of aromatic nitrogens is 3. The first-order chi connectivity index (χ1) is 14.1. The van der Waals surface area contributed by atoms with Gasteiger partial charge in [0.1, 0.15) is 16.7 Å². The van der Waals surface area contributed by atoms with Gasteiger partial charge >= 0.3 is 0 Å². The number of carbonyl (C=O) groups is 2. The number of ether oxygens (including phenoxy) is 1. The molecule has 1 N–H and O–H groups in total. The maximum atomic E-state index is 12.5. The quantitative estimate of drug-likeness (QED) is 0.693. The molecular weight excluding hydrogens is 390 g/mol. The fraction of sp³-hybridized carbons (Fsp3) is 0.300. The van der Waals surface area contributed by atoms with Crippen LogP contribution in [0.4, 0.5) is 0 Å². The van der Waals surface area contributed by atoms with Gasteiger partial charge in [0.15, 0.2) is 0 Å². The molecule has 0 radical (unpaired) electrons. The molecule has 9 heteroatoms. The van der Waals surface area contributed by atoms with E-state index in [9.17, 15) is 9.59 Å². The monoisotopic (exact) mass is 411 g/mol. The zero-order chi connectivity index (χ0) is 20.2. The zero-order valence-corrected chi connectivity index (χ0v) is 16.8. The largest absolute Gasteiger partial charge is 0.378 e. The van der Waals surface area contributed by atoms with Crippen LogP contribution < -0.4 is 5.32 Å². The third kappa shape index (κ3) is 4.36. The van der Waals surface area contributed by atoms with Crippen LogP contribution in [0.1, 0.15) is 17.4 Å². The van der Waals surface area contributed by atoms with Gasteiger partial charge in [0.25, 0.3) is 5.91 Å². The number of rotatable bonds is 5. The smallest absolute Gasteiger partial charge is 0.271 e. The van der Waals surface area contributed by atoms with Gasteiger partial charge in [-0.05, 0) is 19.1 Å². The zero-order valence-electron chi connectivity index (χ0n) is 15.9. The van der Waals surface area contributed by atoms with E-state index in [1.54, 1.807) is 28.1 Å². The Kier molecular flexibility index (Phi) is 5.68. The number of carbonyl (C=O) groups excluding carboxylic acids is 2. The summed E-state index contributed by atoms with van der Waals surface area (Å²) in [6.07, 6.45) is 3.60. The highest BCUT2D eigenvalue weighted by molar-refractivity contribution is 7.13. The Morgan fingerprint density at radius 1 is 1.21 bits per heavy atom. The van der Waals surface area contributed by atoms with E-state index < -0.39 is 6.04 Å². The van der Waals surface area contributed by atoms with E-state index >= 15 is 0 Å². The third-order valence-electron chi connectivity index (χ3n) is 4.63. The lowest BCUT2D eigenvalue weighted by atomic mass is 10.2. The molecule has 1 aliphatic heterocycles. The molecule has 1 aliphatic rings. The van der Waals surface area contributed by atoms with Crippen LogP contribution in [0.2, 0.25) is 0 Å². The van der Waals surface area contributed by atoms with E-state index in [4.69, 9.17) is 4.74 Å². The molecule has 1 fully saturated rings. The lowest BCUT2D eigenvalue weighted by Gasteiger charge is -2.29. The first kappa shape index (κ1) is 19.3. The highest BCUT2D eigenvalue weighted by Crippen LogP contribution is 2.24. The Hall–Kier alpha value is -3.04. The van der Waals surface area contributed by atoms with Crippen LogP contribution in [0.15, 0.2) is 48.1 Å². The summed E-state index contributed by atoms with van der Waals surface area (Å²) in [6.45, 7) is 3.83. The Morgan fingerprint density at radius 2 is 1.97 bits per heavy atom. The van der Waals surface area contributed by atoms with Gasteiger partial charge in [-0.2, -0.15) is 5.10 Å². The summed E-state index contributed by atoms with van der Waals surface area (Å²) < 4.78 is 7.02. The normalized spacial score (nSPS) is 15.1. The number of amides is 2. The molecule has 0 spiro atoms. The van der Waals surface area contributed by atoms with Crippen molar-refractivity contribution in [3.8, 4) is 16.3 Å². The summed E-state index contributed by atoms with van der Waals surface area (Å²) in [7, 11) is 0. The van der Waals surface area contributed by atoms with Gasteiger partial charge in [-0.15, -0.1) is 11.3 Å². The Morgan fingerprint density at radius 3 is 2.72 bits per heavy atom. The van der Waals surface area contributed by atoms with Crippen molar-refractivity contribution in [2.75, 3.05) is 26.3 Å². The van der Waals surface area contributed by atoms with Gasteiger partial charge in [0.2, 0.25) is 5.91 Å². The van der Waals surface area contributed by atoms with Gasteiger partial charge in [0.05, 0.1) is 25.1 Å². The van der Waals surface area contributed by atoms with E-state index in [-0.39, 0.29) is 11.8 Å². The van der Waals surface area contributed by atoms with Crippen molar-refractivity contribution in [1.82, 2.24) is 25.0 Å². The predicted octanol–water partition coefficient (Wildman–Crippen LogP) is 1.97. The standard InChI is InChI=1S/C20H21N5O3S/c1-14(20(27)24-7-9-28-10-8-24)22-18(26)17-13-29-19(23-17)15-11-21-25(12-15)16-5-3-2-4-6-16/h2-6,11-14H,7-10H2,1H3,(H,22,26). The fourth-order valence-corrected chi connectivity index (χ4v) is 3.83. The maximum absolute atomic E-state index is 12.5. The number of thiazole rings is 1. The molecule has 1 atom stereocenters. The molecule has 1 saturated heterocycles. The topological polar surface area (TPSA) is 89.3 Å². The van der Waals surface area contributed by atoms with E-state index in [2.05, 4.69) is 15.4 Å². The van der Waals surface area contributed by atoms with Gasteiger partial charge < -0.3 is 15.0 Å². The van der Waals surface area contributed by atoms with Gasteiger partial charge in [0, 0.05) is 30.2 Å². The van der Waals surface area contributed by atoms with Crippen molar-refractivity contribution in [3.05, 3.63) is 53.8 Å². The SMILES string of the molecule is CC(NC(=O)c1csc(-c2cnn(-c3ccccc3)c2)n1)C(=O)N1CCOCC1. The molecule has 2 aromatic heterocycles. The summed E-state index contributed by atoms with van der Waals surface area (Å²) in [5, 5.41) is 9.49. The predicted molar refractivity (Wildman–Crippen MR) is 109 cm³/mol. The van der Waals surface area contributed by atoms with Crippen LogP contribution in [0.25, 0.3) is 16.3 Å². The number of morpholine rings is 1. The summed E-state index contributed by atoms with van der Waals surface area (Å²) in [4.78, 5) is 31.1. The van der Waals surface area contributed by atoms with Crippen molar-refractivity contribution < 1.29 is 14.3 Å². The summed E-state index contributed by atoms with van der Waals surface area (Å²) in [6, 6.07) is 9.15. The van der Waals surface area contributed by atoms with E-state index in [0.29, 0.717) is 37.0 Å². The average Bonchev–Trinajstić information content (AvgIpc) is 3.44. The minimum Gasteiger partial charge on any atom is -0.378 e. The van der Waals surface area contributed by atoms with Crippen LogP contribution in [0.5, 0.6) is 0 Å². The number of benzene rings is 1. The van der Waals surface area contributed by atoms with Crippen molar-refractivity contribution >= 4 is 23.2 Å². The molecule has 29 heavy (non-hydrogen) atoms. The highest BCUT2D eigenvalue weighted by Gasteiger charge is 2.25. The third-order valence-corrected chi connectivity index (χ3v) is 5.52. The lowest BCUT2D eigenvalue weighted by Crippen LogP contribution is -2.50. The van der Waals surface area contributed by atoms with Crippen molar-refractivity contribution in [2.45, 2.75) is 13.0 Å². The van der Waals surface area contributed by atoms with Gasteiger partial charge in [-0.1, -0.05) is 18.2 Å². The van der Waals surface area contributed by atoms with Crippen molar-refractivity contribution in [3.63, 3.8) is 0 Å². The summed E-state index contributed by atoms with van der Waals surface area (Å²) in [5.74, 6) is -0.474. The number of para-hydroxylation sites is 1. The average molecular weight is 411 g/mol. The van der Waals surface area contributed by atoms with E-state index in [1.807, 2.05) is 36.5 Å². The van der Waals surface area contributed by atoms with Crippen molar-refractivity contribution in [2.24, 2.45) is 0 Å². The minimum absolute atomic E-state index is 0.110. The Bertz CT molecular complexity index is 994. The molecule has 8 nitrogen and oxygen atoms in total. The molecule has 2 amide bonds. The minimum atomic E-state index is -0.619. The number of hydrogen-bond acceptors (Lipinski definition) is 6. The number of nitrogens with one attached hydrogen (secondary N) is 1. The molecule has 1 aromatic carbocycles. The molecular formula is C20H21N5O3S. The molecule has 3 aromatic rings. The Labute approximate surface area is 172 Å². The lowest BCUT2D eigenvalue weighted by molar-refractivity contribution is -0.136. The van der Waals surface area contributed by atoms with Crippen LogP contribution in [-0.2, 0) is 9.53 Å². The second-order valence-corrected chi connectivity index (χ2v) is 7.54. The molecule has 0 bridgehead atoms. The van der Waals surface area contributed by atoms with Gasteiger partial charge in [-0.3, -0.25) is 9.59 Å². The highest BCUT2D eigenvalue weighted by atomic mass is 32.1. The Balaban J connectivity index is 1.41. The van der Waals surface area contributed by atoms with Crippen LogP contribution >= 0.6 is 11.3 Å².